The van der Waals surface area contributed by atoms with Crippen LogP contribution in [0.25, 0.3) is 0 Å². The maximum atomic E-state index is 9.56. The van der Waals surface area contributed by atoms with Crippen LogP contribution in [0.4, 0.5) is 0 Å². The molecule has 0 spiro atoms. The molecule has 0 aromatic rings. The third-order valence-electron chi connectivity index (χ3n) is 2.83. The average molecular weight is 172 g/mol. The standard InChI is InChI=1S/C11H24O/c1-8(2)10(5)6-7-11(12)9(3)4/h8-12H,6-7H2,1-5H3/t10-,11+/m0/s1. The SMILES string of the molecule is CC(C)[C@H](O)CC[C@H](C)C(C)C. The van der Waals surface area contributed by atoms with E-state index in [4.69, 9.17) is 0 Å². The van der Waals surface area contributed by atoms with Crippen molar-refractivity contribution in [1.82, 2.24) is 0 Å². The van der Waals surface area contributed by atoms with Crippen LogP contribution >= 0.6 is 0 Å². The van der Waals surface area contributed by atoms with E-state index in [1.807, 2.05) is 0 Å². The number of aliphatic hydroxyl groups excluding tert-OH is 1. The van der Waals surface area contributed by atoms with E-state index in [1.165, 1.54) is 0 Å². The van der Waals surface area contributed by atoms with Gasteiger partial charge in [0.2, 0.25) is 0 Å². The summed E-state index contributed by atoms with van der Waals surface area (Å²) in [6.07, 6.45) is 2.00. The second-order valence-corrected chi connectivity index (χ2v) is 4.61. The first kappa shape index (κ1) is 12.0. The van der Waals surface area contributed by atoms with Gasteiger partial charge in [-0.05, 0) is 30.6 Å². The van der Waals surface area contributed by atoms with Gasteiger partial charge in [-0.15, -0.1) is 0 Å². The van der Waals surface area contributed by atoms with E-state index in [2.05, 4.69) is 34.6 Å². The predicted octanol–water partition coefficient (Wildman–Crippen LogP) is 3.08. The van der Waals surface area contributed by atoms with E-state index in [0.29, 0.717) is 5.92 Å². The van der Waals surface area contributed by atoms with Gasteiger partial charge in [-0.3, -0.25) is 0 Å². The first-order valence-corrected chi connectivity index (χ1v) is 5.13. The molecule has 0 unspecified atom stereocenters. The van der Waals surface area contributed by atoms with Crippen molar-refractivity contribution in [3.8, 4) is 0 Å². The number of rotatable bonds is 5. The molecule has 0 saturated heterocycles. The molecule has 0 radical (unpaired) electrons. The van der Waals surface area contributed by atoms with Crippen molar-refractivity contribution >= 4 is 0 Å². The molecule has 0 aromatic carbocycles. The maximum absolute atomic E-state index is 9.56. The van der Waals surface area contributed by atoms with E-state index in [9.17, 15) is 5.11 Å². The average Bonchev–Trinajstić information content (AvgIpc) is 1.98. The van der Waals surface area contributed by atoms with Crippen LogP contribution in [0.3, 0.4) is 0 Å². The Morgan fingerprint density at radius 3 is 1.67 bits per heavy atom. The molecule has 1 nitrogen and oxygen atoms in total. The fourth-order valence-corrected chi connectivity index (χ4v) is 1.10. The third kappa shape index (κ3) is 4.76. The summed E-state index contributed by atoms with van der Waals surface area (Å²) >= 11 is 0. The normalized spacial score (nSPS) is 17.0. The van der Waals surface area contributed by atoms with Crippen LogP contribution in [0.15, 0.2) is 0 Å². The lowest BCUT2D eigenvalue weighted by Gasteiger charge is -2.19. The molecule has 1 N–H and O–H groups in total. The van der Waals surface area contributed by atoms with Gasteiger partial charge in [-0.1, -0.05) is 34.6 Å². The van der Waals surface area contributed by atoms with Crippen molar-refractivity contribution in [2.45, 2.75) is 53.6 Å². The maximum Gasteiger partial charge on any atom is 0.0563 e. The molecule has 2 atom stereocenters. The molecular formula is C11H24O. The first-order valence-electron chi connectivity index (χ1n) is 5.13. The Kier molecular flexibility index (Phi) is 5.56. The lowest BCUT2D eigenvalue weighted by molar-refractivity contribution is 0.106. The summed E-state index contributed by atoms with van der Waals surface area (Å²) in [6.45, 7) is 10.9. The van der Waals surface area contributed by atoms with Gasteiger partial charge in [0, 0.05) is 0 Å². The zero-order chi connectivity index (χ0) is 9.72. The summed E-state index contributed by atoms with van der Waals surface area (Å²) in [5, 5.41) is 9.56. The summed E-state index contributed by atoms with van der Waals surface area (Å²) in [6, 6.07) is 0. The highest BCUT2D eigenvalue weighted by atomic mass is 16.3. The lowest BCUT2D eigenvalue weighted by atomic mass is 9.90. The van der Waals surface area contributed by atoms with Gasteiger partial charge in [0.1, 0.15) is 0 Å². The molecule has 0 saturated carbocycles. The van der Waals surface area contributed by atoms with Crippen molar-refractivity contribution < 1.29 is 5.11 Å². The summed E-state index contributed by atoms with van der Waals surface area (Å²) in [5.41, 5.74) is 0. The molecule has 1 heteroatoms. The van der Waals surface area contributed by atoms with Gasteiger partial charge in [0.15, 0.2) is 0 Å². The number of hydrogen-bond donors (Lipinski definition) is 1. The van der Waals surface area contributed by atoms with Gasteiger partial charge in [0.25, 0.3) is 0 Å². The summed E-state index contributed by atoms with van der Waals surface area (Å²) in [7, 11) is 0. The Bertz CT molecular complexity index is 93.6. The van der Waals surface area contributed by atoms with Crippen molar-refractivity contribution in [1.29, 1.82) is 0 Å². The Morgan fingerprint density at radius 2 is 1.33 bits per heavy atom. The Balaban J connectivity index is 3.54. The highest BCUT2D eigenvalue weighted by Gasteiger charge is 2.12. The lowest BCUT2D eigenvalue weighted by Crippen LogP contribution is -2.16. The molecule has 0 heterocycles. The highest BCUT2D eigenvalue weighted by Crippen LogP contribution is 2.19. The Hall–Kier alpha value is -0.0400. The zero-order valence-corrected chi connectivity index (χ0v) is 9.17. The molecule has 0 aliphatic heterocycles. The summed E-state index contributed by atoms with van der Waals surface area (Å²) < 4.78 is 0. The highest BCUT2D eigenvalue weighted by molar-refractivity contribution is 4.64. The van der Waals surface area contributed by atoms with Crippen LogP contribution in [0, 0.1) is 17.8 Å². The first-order chi connectivity index (χ1) is 5.45. The topological polar surface area (TPSA) is 20.2 Å². The zero-order valence-electron chi connectivity index (χ0n) is 9.17. The molecule has 0 aromatic heterocycles. The Labute approximate surface area is 77.2 Å². The minimum atomic E-state index is -0.105. The molecule has 0 rings (SSSR count). The van der Waals surface area contributed by atoms with Crippen LogP contribution in [0.1, 0.15) is 47.5 Å². The van der Waals surface area contributed by atoms with Crippen LogP contribution in [-0.2, 0) is 0 Å². The molecule has 74 valence electrons. The summed E-state index contributed by atoms with van der Waals surface area (Å²) in [5.74, 6) is 1.88. The molecule has 0 fully saturated rings. The van der Waals surface area contributed by atoms with Gasteiger partial charge in [-0.25, -0.2) is 0 Å². The van der Waals surface area contributed by atoms with Crippen LogP contribution in [-0.4, -0.2) is 11.2 Å². The molecular weight excluding hydrogens is 148 g/mol. The van der Waals surface area contributed by atoms with E-state index in [-0.39, 0.29) is 6.10 Å². The number of hydrogen-bond acceptors (Lipinski definition) is 1. The fraction of sp³-hybridized carbons (Fsp3) is 1.00. The van der Waals surface area contributed by atoms with Crippen molar-refractivity contribution in [2.24, 2.45) is 17.8 Å². The van der Waals surface area contributed by atoms with Crippen LogP contribution < -0.4 is 0 Å². The van der Waals surface area contributed by atoms with Gasteiger partial charge in [-0.2, -0.15) is 0 Å². The molecule has 0 bridgehead atoms. The van der Waals surface area contributed by atoms with Gasteiger partial charge >= 0.3 is 0 Å². The molecule has 0 aliphatic rings. The summed E-state index contributed by atoms with van der Waals surface area (Å²) in [4.78, 5) is 0. The van der Waals surface area contributed by atoms with E-state index in [1.54, 1.807) is 0 Å². The quantitative estimate of drug-likeness (QED) is 0.675. The second kappa shape index (κ2) is 5.58. The molecule has 12 heavy (non-hydrogen) atoms. The monoisotopic (exact) mass is 172 g/mol. The number of aliphatic hydroxyl groups is 1. The van der Waals surface area contributed by atoms with Crippen molar-refractivity contribution in [3.63, 3.8) is 0 Å². The van der Waals surface area contributed by atoms with Gasteiger partial charge < -0.3 is 5.11 Å². The van der Waals surface area contributed by atoms with Crippen LogP contribution in [0.2, 0.25) is 0 Å². The third-order valence-corrected chi connectivity index (χ3v) is 2.83. The van der Waals surface area contributed by atoms with E-state index >= 15 is 0 Å². The predicted molar refractivity (Wildman–Crippen MR) is 54.1 cm³/mol. The molecule has 0 aliphatic carbocycles. The fourth-order valence-electron chi connectivity index (χ4n) is 1.10. The van der Waals surface area contributed by atoms with E-state index in [0.717, 1.165) is 24.7 Å². The van der Waals surface area contributed by atoms with Crippen molar-refractivity contribution in [3.05, 3.63) is 0 Å². The largest absolute Gasteiger partial charge is 0.393 e. The minimum Gasteiger partial charge on any atom is -0.393 e. The van der Waals surface area contributed by atoms with E-state index < -0.39 is 0 Å². The Morgan fingerprint density at radius 1 is 0.833 bits per heavy atom. The van der Waals surface area contributed by atoms with Crippen LogP contribution in [0.5, 0.6) is 0 Å². The van der Waals surface area contributed by atoms with Gasteiger partial charge in [0.05, 0.1) is 6.10 Å². The smallest absolute Gasteiger partial charge is 0.0563 e. The van der Waals surface area contributed by atoms with Crippen molar-refractivity contribution in [2.75, 3.05) is 0 Å². The minimum absolute atomic E-state index is 0.105. The second-order valence-electron chi connectivity index (χ2n) is 4.61. The molecule has 0 amide bonds.